The van der Waals surface area contributed by atoms with Gasteiger partial charge in [0.05, 0.1) is 12.7 Å². The third-order valence-electron chi connectivity index (χ3n) is 3.09. The number of carbonyl (C=O) groups is 1. The molecule has 0 saturated heterocycles. The Kier molecular flexibility index (Phi) is 4.77. The van der Waals surface area contributed by atoms with Gasteiger partial charge in [0.15, 0.2) is 0 Å². The summed E-state index contributed by atoms with van der Waals surface area (Å²) in [4.78, 5) is 11.4. The third kappa shape index (κ3) is 3.60. The van der Waals surface area contributed by atoms with Crippen molar-refractivity contribution in [3.05, 3.63) is 65.2 Å². The molecule has 0 aliphatic rings. The van der Waals surface area contributed by atoms with E-state index in [1.54, 1.807) is 12.1 Å². The number of hydrogen-bond donors (Lipinski definition) is 0. The molecule has 0 unspecified atom stereocenters. The summed E-state index contributed by atoms with van der Waals surface area (Å²) in [5, 5.41) is 0. The van der Waals surface area contributed by atoms with Crippen molar-refractivity contribution in [2.75, 3.05) is 7.11 Å². The summed E-state index contributed by atoms with van der Waals surface area (Å²) < 4.78 is 10.4. The average molecular weight is 270 g/mol. The second kappa shape index (κ2) is 6.75. The Balaban J connectivity index is 2.01. The maximum Gasteiger partial charge on any atom is 0.337 e. The van der Waals surface area contributed by atoms with Crippen molar-refractivity contribution in [1.29, 1.82) is 0 Å². The molecule has 0 atom stereocenters. The molecule has 0 amide bonds. The molecule has 0 bridgehead atoms. The lowest BCUT2D eigenvalue weighted by Gasteiger charge is -2.08. The van der Waals surface area contributed by atoms with Crippen LogP contribution in [0, 0.1) is 0 Å². The van der Waals surface area contributed by atoms with Crippen LogP contribution in [0.25, 0.3) is 0 Å². The normalized spacial score (nSPS) is 10.1. The van der Waals surface area contributed by atoms with E-state index in [0.29, 0.717) is 12.2 Å². The number of rotatable bonds is 5. The summed E-state index contributed by atoms with van der Waals surface area (Å²) in [6.07, 6.45) is 1.02. The van der Waals surface area contributed by atoms with E-state index in [-0.39, 0.29) is 5.97 Å². The van der Waals surface area contributed by atoms with Crippen LogP contribution in [-0.4, -0.2) is 13.1 Å². The number of aryl methyl sites for hydroxylation is 1. The predicted octanol–water partition coefficient (Wildman–Crippen LogP) is 3.61. The van der Waals surface area contributed by atoms with Crippen LogP contribution in [0.1, 0.15) is 28.4 Å². The topological polar surface area (TPSA) is 35.5 Å². The maximum atomic E-state index is 11.4. The maximum absolute atomic E-state index is 11.4. The molecule has 0 N–H and O–H groups in total. The highest BCUT2D eigenvalue weighted by atomic mass is 16.5. The highest BCUT2D eigenvalue weighted by molar-refractivity contribution is 5.89. The van der Waals surface area contributed by atoms with Crippen molar-refractivity contribution in [3.8, 4) is 5.75 Å². The molecule has 0 aromatic heterocycles. The van der Waals surface area contributed by atoms with Crippen molar-refractivity contribution in [3.63, 3.8) is 0 Å². The molecule has 0 fully saturated rings. The molecule has 0 heterocycles. The van der Waals surface area contributed by atoms with Gasteiger partial charge in [-0.05, 0) is 41.8 Å². The fourth-order valence-corrected chi connectivity index (χ4v) is 1.89. The molecule has 104 valence electrons. The standard InChI is InChI=1S/C17H18O3/c1-3-13-7-9-16(10-8-13)20-12-14-5-4-6-15(11-14)17(18)19-2/h4-11H,3,12H2,1-2H3. The van der Waals surface area contributed by atoms with Gasteiger partial charge in [-0.3, -0.25) is 0 Å². The van der Waals surface area contributed by atoms with Crippen LogP contribution in [0.4, 0.5) is 0 Å². The van der Waals surface area contributed by atoms with Crippen molar-refractivity contribution in [1.82, 2.24) is 0 Å². The smallest absolute Gasteiger partial charge is 0.337 e. The van der Waals surface area contributed by atoms with E-state index < -0.39 is 0 Å². The number of methoxy groups -OCH3 is 1. The molecule has 2 rings (SSSR count). The first-order chi connectivity index (χ1) is 9.72. The first-order valence-electron chi connectivity index (χ1n) is 6.62. The van der Waals surface area contributed by atoms with E-state index in [2.05, 4.69) is 19.1 Å². The molecular formula is C17H18O3. The van der Waals surface area contributed by atoms with E-state index in [4.69, 9.17) is 9.47 Å². The summed E-state index contributed by atoms with van der Waals surface area (Å²) in [5.74, 6) is 0.491. The van der Waals surface area contributed by atoms with Gasteiger partial charge in [0.25, 0.3) is 0 Å². The Morgan fingerprint density at radius 2 is 1.80 bits per heavy atom. The monoisotopic (exact) mass is 270 g/mol. The zero-order valence-corrected chi connectivity index (χ0v) is 11.8. The molecule has 0 spiro atoms. The van der Waals surface area contributed by atoms with Crippen LogP contribution in [-0.2, 0) is 17.8 Å². The summed E-state index contributed by atoms with van der Waals surface area (Å²) in [6.45, 7) is 2.55. The number of carbonyl (C=O) groups excluding carboxylic acids is 1. The highest BCUT2D eigenvalue weighted by Crippen LogP contribution is 2.15. The molecule has 0 radical (unpaired) electrons. The third-order valence-corrected chi connectivity index (χ3v) is 3.09. The Bertz CT molecular complexity index is 573. The van der Waals surface area contributed by atoms with E-state index in [9.17, 15) is 4.79 Å². The lowest BCUT2D eigenvalue weighted by molar-refractivity contribution is 0.0600. The second-order valence-electron chi connectivity index (χ2n) is 4.48. The SMILES string of the molecule is CCc1ccc(OCc2cccc(C(=O)OC)c2)cc1. The zero-order chi connectivity index (χ0) is 14.4. The molecule has 0 aliphatic heterocycles. The molecule has 20 heavy (non-hydrogen) atoms. The van der Waals surface area contributed by atoms with Crippen molar-refractivity contribution >= 4 is 5.97 Å². The van der Waals surface area contributed by atoms with Gasteiger partial charge in [-0.1, -0.05) is 31.2 Å². The molecule has 3 nitrogen and oxygen atoms in total. The van der Waals surface area contributed by atoms with Crippen LogP contribution >= 0.6 is 0 Å². The van der Waals surface area contributed by atoms with Gasteiger partial charge in [-0.2, -0.15) is 0 Å². The molecule has 0 saturated carbocycles. The van der Waals surface area contributed by atoms with Crippen LogP contribution in [0.2, 0.25) is 0 Å². The van der Waals surface area contributed by atoms with Crippen molar-refractivity contribution < 1.29 is 14.3 Å². The largest absolute Gasteiger partial charge is 0.489 e. The summed E-state index contributed by atoms with van der Waals surface area (Å²) in [5.41, 5.74) is 2.76. The predicted molar refractivity (Wildman–Crippen MR) is 77.9 cm³/mol. The summed E-state index contributed by atoms with van der Waals surface area (Å²) >= 11 is 0. The minimum atomic E-state index is -0.334. The highest BCUT2D eigenvalue weighted by Gasteiger charge is 2.05. The Morgan fingerprint density at radius 1 is 1.05 bits per heavy atom. The lowest BCUT2D eigenvalue weighted by Crippen LogP contribution is -2.03. The van der Waals surface area contributed by atoms with E-state index in [1.807, 2.05) is 24.3 Å². The quantitative estimate of drug-likeness (QED) is 0.778. The van der Waals surface area contributed by atoms with E-state index >= 15 is 0 Å². The Morgan fingerprint density at radius 3 is 2.45 bits per heavy atom. The van der Waals surface area contributed by atoms with E-state index in [1.165, 1.54) is 12.7 Å². The first-order valence-corrected chi connectivity index (χ1v) is 6.62. The van der Waals surface area contributed by atoms with Crippen LogP contribution in [0.15, 0.2) is 48.5 Å². The lowest BCUT2D eigenvalue weighted by atomic mass is 10.1. The van der Waals surface area contributed by atoms with Gasteiger partial charge < -0.3 is 9.47 Å². The molecule has 2 aromatic rings. The van der Waals surface area contributed by atoms with Crippen molar-refractivity contribution in [2.45, 2.75) is 20.0 Å². The summed E-state index contributed by atoms with van der Waals surface area (Å²) in [7, 11) is 1.38. The fraction of sp³-hybridized carbons (Fsp3) is 0.235. The van der Waals surface area contributed by atoms with Gasteiger partial charge in [0, 0.05) is 0 Å². The summed E-state index contributed by atoms with van der Waals surface area (Å²) in [6, 6.07) is 15.3. The first kappa shape index (κ1) is 14.1. The molecule has 3 heteroatoms. The van der Waals surface area contributed by atoms with Gasteiger partial charge in [-0.25, -0.2) is 4.79 Å². The number of esters is 1. The Labute approximate surface area is 119 Å². The molecular weight excluding hydrogens is 252 g/mol. The van der Waals surface area contributed by atoms with Gasteiger partial charge >= 0.3 is 5.97 Å². The molecule has 0 aliphatic carbocycles. The van der Waals surface area contributed by atoms with Crippen LogP contribution < -0.4 is 4.74 Å². The van der Waals surface area contributed by atoms with Gasteiger partial charge in [-0.15, -0.1) is 0 Å². The van der Waals surface area contributed by atoms with Crippen LogP contribution in [0.3, 0.4) is 0 Å². The van der Waals surface area contributed by atoms with Crippen molar-refractivity contribution in [2.24, 2.45) is 0 Å². The van der Waals surface area contributed by atoms with Gasteiger partial charge in [0.1, 0.15) is 12.4 Å². The number of hydrogen-bond acceptors (Lipinski definition) is 3. The average Bonchev–Trinajstić information content (AvgIpc) is 2.53. The van der Waals surface area contributed by atoms with Gasteiger partial charge in [0.2, 0.25) is 0 Å². The minimum absolute atomic E-state index is 0.334. The molecule has 2 aromatic carbocycles. The van der Waals surface area contributed by atoms with Crippen LogP contribution in [0.5, 0.6) is 5.75 Å². The Hall–Kier alpha value is -2.29. The number of ether oxygens (including phenoxy) is 2. The zero-order valence-electron chi connectivity index (χ0n) is 11.8. The fourth-order valence-electron chi connectivity index (χ4n) is 1.89. The second-order valence-corrected chi connectivity index (χ2v) is 4.48. The minimum Gasteiger partial charge on any atom is -0.489 e. The van der Waals surface area contributed by atoms with E-state index in [0.717, 1.165) is 17.7 Å². The number of benzene rings is 2.